The van der Waals surface area contributed by atoms with E-state index in [4.69, 9.17) is 16.7 Å². The van der Waals surface area contributed by atoms with Crippen molar-refractivity contribution >= 4 is 45.0 Å². The normalized spacial score (nSPS) is 13.6. The first kappa shape index (κ1) is 14.9. The van der Waals surface area contributed by atoms with Crippen LogP contribution in [0.2, 0.25) is 5.02 Å². The van der Waals surface area contributed by atoms with E-state index in [-0.39, 0.29) is 0 Å². The third kappa shape index (κ3) is 2.82. The molecule has 0 amide bonds. The van der Waals surface area contributed by atoms with Crippen molar-refractivity contribution in [2.45, 2.75) is 5.16 Å². The maximum Gasteiger partial charge on any atom is 0.212 e. The molecular weight excluding hydrogens is 396 g/mol. The molecule has 0 N–H and O–H groups in total. The molecule has 7 heteroatoms. The van der Waals surface area contributed by atoms with Crippen LogP contribution in [0.5, 0.6) is 0 Å². The van der Waals surface area contributed by atoms with Gasteiger partial charge >= 0.3 is 0 Å². The molecule has 114 valence electrons. The van der Waals surface area contributed by atoms with Gasteiger partial charge in [-0.05, 0) is 30.3 Å². The van der Waals surface area contributed by atoms with Crippen LogP contribution in [0.1, 0.15) is 5.56 Å². The number of hydrogen-bond donors (Lipinski definition) is 0. The van der Waals surface area contributed by atoms with E-state index >= 15 is 0 Å². The van der Waals surface area contributed by atoms with Crippen LogP contribution in [0.15, 0.2) is 63.3 Å². The van der Waals surface area contributed by atoms with Gasteiger partial charge in [0.15, 0.2) is 5.82 Å². The third-order valence-corrected chi connectivity index (χ3v) is 5.33. The Kier molecular flexibility index (Phi) is 3.97. The van der Waals surface area contributed by atoms with Gasteiger partial charge in [-0.1, -0.05) is 57.5 Å². The van der Waals surface area contributed by atoms with Crippen LogP contribution in [0.25, 0.3) is 11.4 Å². The summed E-state index contributed by atoms with van der Waals surface area (Å²) >= 11 is 11.2. The minimum Gasteiger partial charge on any atom is -0.187 e. The minimum absolute atomic E-state index is 0.693. The highest BCUT2D eigenvalue weighted by Crippen LogP contribution is 2.30. The molecule has 1 aliphatic rings. The van der Waals surface area contributed by atoms with E-state index in [9.17, 15) is 0 Å². The lowest BCUT2D eigenvalue weighted by molar-refractivity contribution is 0.762. The Labute approximate surface area is 150 Å². The Balaban J connectivity index is 1.81. The number of thioether (sulfide) groups is 1. The van der Waals surface area contributed by atoms with Gasteiger partial charge in [0, 0.05) is 26.4 Å². The first-order valence-electron chi connectivity index (χ1n) is 6.89. The zero-order valence-electron chi connectivity index (χ0n) is 11.8. The summed E-state index contributed by atoms with van der Waals surface area (Å²) in [7, 11) is 0. The average Bonchev–Trinajstić information content (AvgIpc) is 2.99. The molecule has 0 unspecified atom stereocenters. The van der Waals surface area contributed by atoms with E-state index in [0.29, 0.717) is 10.8 Å². The number of fused-ring (bicyclic) bond motifs is 1. The van der Waals surface area contributed by atoms with Crippen LogP contribution in [0.3, 0.4) is 0 Å². The molecule has 0 radical (unpaired) electrons. The van der Waals surface area contributed by atoms with Crippen LogP contribution >= 0.6 is 39.3 Å². The molecule has 1 aliphatic heterocycles. The van der Waals surface area contributed by atoms with Crippen LogP contribution in [-0.2, 0) is 0 Å². The highest BCUT2D eigenvalue weighted by molar-refractivity contribution is 9.10. The smallest absolute Gasteiger partial charge is 0.187 e. The fourth-order valence-corrected chi connectivity index (χ4v) is 3.80. The van der Waals surface area contributed by atoms with E-state index < -0.39 is 0 Å². The van der Waals surface area contributed by atoms with Crippen molar-refractivity contribution in [1.29, 1.82) is 0 Å². The van der Waals surface area contributed by atoms with Crippen molar-refractivity contribution in [3.63, 3.8) is 0 Å². The molecule has 1 aromatic heterocycles. The van der Waals surface area contributed by atoms with Gasteiger partial charge < -0.3 is 0 Å². The van der Waals surface area contributed by atoms with Crippen LogP contribution in [0.4, 0.5) is 0 Å². The van der Waals surface area contributed by atoms with Crippen molar-refractivity contribution in [3.8, 4) is 11.4 Å². The molecule has 0 bridgehead atoms. The summed E-state index contributed by atoms with van der Waals surface area (Å²) in [5.74, 6) is 1.48. The monoisotopic (exact) mass is 404 g/mol. The minimum atomic E-state index is 0.693. The van der Waals surface area contributed by atoms with E-state index in [1.807, 2.05) is 42.5 Å². The maximum atomic E-state index is 5.96. The molecule has 2 aromatic carbocycles. The number of rotatable bonds is 2. The summed E-state index contributed by atoms with van der Waals surface area (Å²) in [6.07, 6.45) is 0. The number of halogens is 2. The average molecular weight is 406 g/mol. The summed E-state index contributed by atoms with van der Waals surface area (Å²) in [4.78, 5) is 0. The van der Waals surface area contributed by atoms with Crippen molar-refractivity contribution < 1.29 is 0 Å². The van der Waals surface area contributed by atoms with E-state index in [2.05, 4.69) is 32.2 Å². The highest BCUT2D eigenvalue weighted by atomic mass is 79.9. The quantitative estimate of drug-likeness (QED) is 0.619. The topological polar surface area (TPSA) is 43.1 Å². The van der Waals surface area contributed by atoms with Gasteiger partial charge in [0.2, 0.25) is 5.16 Å². The lowest BCUT2D eigenvalue weighted by Crippen LogP contribution is -2.14. The van der Waals surface area contributed by atoms with E-state index in [1.54, 1.807) is 16.4 Å². The molecular formula is C16H10BrClN4S. The van der Waals surface area contributed by atoms with Crippen LogP contribution in [0, 0.1) is 0 Å². The first-order valence-corrected chi connectivity index (χ1v) is 9.05. The molecule has 0 aliphatic carbocycles. The molecule has 23 heavy (non-hydrogen) atoms. The zero-order valence-corrected chi connectivity index (χ0v) is 14.9. The van der Waals surface area contributed by atoms with Gasteiger partial charge in [-0.15, -0.1) is 10.2 Å². The lowest BCUT2D eigenvalue weighted by Gasteiger charge is -2.14. The van der Waals surface area contributed by atoms with Gasteiger partial charge in [-0.3, -0.25) is 0 Å². The number of aromatic nitrogens is 3. The lowest BCUT2D eigenvalue weighted by atomic mass is 10.1. The van der Waals surface area contributed by atoms with Gasteiger partial charge in [-0.25, -0.2) is 0 Å². The highest BCUT2D eigenvalue weighted by Gasteiger charge is 2.21. The second-order valence-corrected chi connectivity index (χ2v) is 7.17. The van der Waals surface area contributed by atoms with Crippen molar-refractivity contribution in [2.75, 3.05) is 5.75 Å². The fraction of sp³-hybridized carbons (Fsp3) is 0.0625. The Morgan fingerprint density at radius 2 is 1.83 bits per heavy atom. The van der Waals surface area contributed by atoms with Crippen LogP contribution < -0.4 is 0 Å². The van der Waals surface area contributed by atoms with E-state index in [0.717, 1.165) is 32.2 Å². The molecule has 0 spiro atoms. The summed E-state index contributed by atoms with van der Waals surface area (Å²) in [5, 5.41) is 14.8. The van der Waals surface area contributed by atoms with Crippen LogP contribution in [-0.4, -0.2) is 26.3 Å². The standard InChI is InChI=1S/C16H10BrClN4S/c17-13-4-2-1-3-12(13)14-9-23-16-20-19-15(22(16)21-14)10-5-7-11(18)8-6-10/h1-8H,9H2. The Morgan fingerprint density at radius 1 is 1.04 bits per heavy atom. The third-order valence-electron chi connectivity index (χ3n) is 3.46. The summed E-state index contributed by atoms with van der Waals surface area (Å²) in [6, 6.07) is 15.6. The molecule has 0 saturated carbocycles. The Bertz CT molecular complexity index is 905. The predicted octanol–water partition coefficient (Wildman–Crippen LogP) is 4.72. The molecule has 2 heterocycles. The van der Waals surface area contributed by atoms with E-state index in [1.165, 1.54) is 0 Å². The summed E-state index contributed by atoms with van der Waals surface area (Å²) in [6.45, 7) is 0. The van der Waals surface area contributed by atoms with Gasteiger partial charge in [0.25, 0.3) is 0 Å². The predicted molar refractivity (Wildman–Crippen MR) is 97.3 cm³/mol. The molecule has 0 saturated heterocycles. The number of benzene rings is 2. The largest absolute Gasteiger partial charge is 0.212 e. The molecule has 0 fully saturated rings. The molecule has 4 nitrogen and oxygen atoms in total. The van der Waals surface area contributed by atoms with Gasteiger partial charge in [0.05, 0.1) is 5.71 Å². The SMILES string of the molecule is Clc1ccc(-c2nnc3n2N=C(c2ccccc2Br)CS3)cc1. The van der Waals surface area contributed by atoms with Crippen molar-refractivity contribution in [1.82, 2.24) is 14.9 Å². The zero-order chi connectivity index (χ0) is 15.8. The molecule has 3 aromatic rings. The number of hydrogen-bond acceptors (Lipinski definition) is 4. The summed E-state index contributed by atoms with van der Waals surface area (Å²) in [5.41, 5.74) is 3.01. The Morgan fingerprint density at radius 3 is 2.61 bits per heavy atom. The van der Waals surface area contributed by atoms with Crippen molar-refractivity contribution in [3.05, 3.63) is 63.6 Å². The molecule has 4 rings (SSSR count). The first-order chi connectivity index (χ1) is 11.2. The Hall–Kier alpha value is -1.63. The summed E-state index contributed by atoms with van der Waals surface area (Å²) < 4.78 is 2.83. The van der Waals surface area contributed by atoms with Gasteiger partial charge in [-0.2, -0.15) is 9.78 Å². The maximum absolute atomic E-state index is 5.96. The second-order valence-electron chi connectivity index (χ2n) is 4.94. The van der Waals surface area contributed by atoms with Crippen molar-refractivity contribution in [2.24, 2.45) is 5.10 Å². The fourth-order valence-electron chi connectivity index (χ4n) is 2.33. The second kappa shape index (κ2) is 6.11. The van der Waals surface area contributed by atoms with Gasteiger partial charge in [0.1, 0.15) is 0 Å². The number of nitrogens with zero attached hydrogens (tertiary/aromatic N) is 4. The molecule has 0 atom stereocenters.